The zero-order chi connectivity index (χ0) is 9.80. The van der Waals surface area contributed by atoms with Gasteiger partial charge in [0.1, 0.15) is 0 Å². The van der Waals surface area contributed by atoms with E-state index in [4.69, 9.17) is 0 Å². The van der Waals surface area contributed by atoms with E-state index in [-0.39, 0.29) is 0 Å². The normalized spacial score (nSPS) is 36.6. The summed E-state index contributed by atoms with van der Waals surface area (Å²) in [4.78, 5) is 0. The third-order valence-corrected chi connectivity index (χ3v) is 4.63. The first kappa shape index (κ1) is 10.5. The Morgan fingerprint density at radius 1 is 0.571 bits per heavy atom. The molecule has 0 radical (unpaired) electrons. The summed E-state index contributed by atoms with van der Waals surface area (Å²) in [6, 6.07) is 0. The Kier molecular flexibility index (Phi) is 3.89. The molecular formula is C14H26. The van der Waals surface area contributed by atoms with Gasteiger partial charge in [0.15, 0.2) is 0 Å². The van der Waals surface area contributed by atoms with Gasteiger partial charge in [-0.25, -0.2) is 0 Å². The summed E-state index contributed by atoms with van der Waals surface area (Å²) in [5, 5.41) is 0. The topological polar surface area (TPSA) is 0 Å². The minimum Gasteiger partial charge on any atom is -0.0625 e. The molecule has 82 valence electrons. The molecule has 2 fully saturated rings. The van der Waals surface area contributed by atoms with Crippen LogP contribution >= 0.6 is 0 Å². The predicted octanol–water partition coefficient (Wildman–Crippen LogP) is 4.78. The molecule has 0 unspecified atom stereocenters. The highest BCUT2D eigenvalue weighted by molar-refractivity contribution is 4.77. The van der Waals surface area contributed by atoms with Crippen molar-refractivity contribution in [3.63, 3.8) is 0 Å². The number of hydrogen-bond acceptors (Lipinski definition) is 0. The highest BCUT2D eigenvalue weighted by Gasteiger charge is 2.26. The van der Waals surface area contributed by atoms with Crippen LogP contribution in [0.25, 0.3) is 0 Å². The molecule has 0 bridgehead atoms. The van der Waals surface area contributed by atoms with Gasteiger partial charge in [0, 0.05) is 0 Å². The molecule has 0 aromatic carbocycles. The van der Waals surface area contributed by atoms with Crippen LogP contribution in [-0.4, -0.2) is 0 Å². The van der Waals surface area contributed by atoms with Crippen molar-refractivity contribution in [3.05, 3.63) is 0 Å². The van der Waals surface area contributed by atoms with Crippen LogP contribution in [0.3, 0.4) is 0 Å². The van der Waals surface area contributed by atoms with Gasteiger partial charge in [0.2, 0.25) is 0 Å². The molecule has 0 spiro atoms. The molecule has 0 heterocycles. The first-order chi connectivity index (χ1) is 6.86. The molecule has 0 heteroatoms. The second kappa shape index (κ2) is 5.19. The maximum absolute atomic E-state index is 2.43. The maximum atomic E-state index is 2.43. The summed E-state index contributed by atoms with van der Waals surface area (Å²) in [6.07, 6.45) is 15.3. The van der Waals surface area contributed by atoms with E-state index in [1.165, 1.54) is 38.5 Å². The quantitative estimate of drug-likeness (QED) is 0.527. The van der Waals surface area contributed by atoms with Crippen molar-refractivity contribution < 1.29 is 0 Å². The fourth-order valence-corrected chi connectivity index (χ4v) is 3.54. The average molecular weight is 194 g/mol. The monoisotopic (exact) mass is 194 g/mol. The van der Waals surface area contributed by atoms with Crippen LogP contribution in [0.5, 0.6) is 0 Å². The van der Waals surface area contributed by atoms with Crippen LogP contribution in [-0.2, 0) is 0 Å². The second-order valence-electron chi connectivity index (χ2n) is 5.77. The molecule has 0 aromatic heterocycles. The highest BCUT2D eigenvalue weighted by Crippen LogP contribution is 2.38. The molecule has 14 heavy (non-hydrogen) atoms. The van der Waals surface area contributed by atoms with E-state index in [2.05, 4.69) is 6.92 Å². The lowest BCUT2D eigenvalue weighted by Crippen LogP contribution is -2.20. The third kappa shape index (κ3) is 2.74. The lowest BCUT2D eigenvalue weighted by atomic mass is 9.74. The first-order valence-electron chi connectivity index (χ1n) is 6.86. The average Bonchev–Trinajstić information content (AvgIpc) is 2.47. The van der Waals surface area contributed by atoms with Crippen LogP contribution in [0.15, 0.2) is 0 Å². The zero-order valence-corrected chi connectivity index (χ0v) is 9.80. The van der Waals surface area contributed by atoms with Crippen molar-refractivity contribution in [1.82, 2.24) is 0 Å². The largest absolute Gasteiger partial charge is 0.0625 e. The molecule has 0 nitrogen and oxygen atoms in total. The lowest BCUT2D eigenvalue weighted by molar-refractivity contribution is 0.196. The summed E-state index contributed by atoms with van der Waals surface area (Å²) < 4.78 is 0. The molecule has 0 atom stereocenters. The van der Waals surface area contributed by atoms with E-state index in [0.29, 0.717) is 0 Å². The SMILES string of the molecule is CC1CCC(C2CCCCCC2)CC1. The van der Waals surface area contributed by atoms with Crippen molar-refractivity contribution in [3.8, 4) is 0 Å². The molecule has 0 saturated heterocycles. The predicted molar refractivity (Wildman–Crippen MR) is 62.3 cm³/mol. The van der Waals surface area contributed by atoms with Gasteiger partial charge in [-0.15, -0.1) is 0 Å². The van der Waals surface area contributed by atoms with Crippen molar-refractivity contribution in [2.75, 3.05) is 0 Å². The molecule has 2 aliphatic rings. The maximum Gasteiger partial charge on any atom is -0.0386 e. The Morgan fingerprint density at radius 2 is 1.07 bits per heavy atom. The van der Waals surface area contributed by atoms with Crippen molar-refractivity contribution >= 4 is 0 Å². The van der Waals surface area contributed by atoms with Crippen LogP contribution in [0, 0.1) is 17.8 Å². The number of hydrogen-bond donors (Lipinski definition) is 0. The molecule has 0 aromatic rings. The van der Waals surface area contributed by atoms with E-state index in [9.17, 15) is 0 Å². The Bertz CT molecular complexity index is 145. The minimum atomic E-state index is 1.03. The van der Waals surface area contributed by atoms with E-state index in [0.717, 1.165) is 17.8 Å². The molecule has 0 N–H and O–H groups in total. The Hall–Kier alpha value is 0. The summed E-state index contributed by atoms with van der Waals surface area (Å²) in [7, 11) is 0. The summed E-state index contributed by atoms with van der Waals surface area (Å²) in [5.41, 5.74) is 0. The lowest BCUT2D eigenvalue weighted by Gasteiger charge is -2.32. The van der Waals surface area contributed by atoms with E-state index >= 15 is 0 Å². The fourth-order valence-electron chi connectivity index (χ4n) is 3.54. The van der Waals surface area contributed by atoms with Crippen molar-refractivity contribution in [2.24, 2.45) is 17.8 Å². The van der Waals surface area contributed by atoms with Gasteiger partial charge in [-0.1, -0.05) is 58.3 Å². The van der Waals surface area contributed by atoms with Crippen LogP contribution < -0.4 is 0 Å². The van der Waals surface area contributed by atoms with E-state index in [1.807, 2.05) is 0 Å². The first-order valence-corrected chi connectivity index (χ1v) is 6.86. The van der Waals surface area contributed by atoms with Gasteiger partial charge < -0.3 is 0 Å². The summed E-state index contributed by atoms with van der Waals surface area (Å²) >= 11 is 0. The Balaban J connectivity index is 1.81. The molecule has 0 aliphatic heterocycles. The third-order valence-electron chi connectivity index (χ3n) is 4.63. The smallest absolute Gasteiger partial charge is 0.0386 e. The van der Waals surface area contributed by atoms with Crippen LogP contribution in [0.4, 0.5) is 0 Å². The summed E-state index contributed by atoms with van der Waals surface area (Å²) in [5.74, 6) is 3.26. The standard InChI is InChI=1S/C14H26/c1-12-8-10-14(11-9-12)13-6-4-2-3-5-7-13/h12-14H,2-11H2,1H3. The van der Waals surface area contributed by atoms with Gasteiger partial charge in [0.05, 0.1) is 0 Å². The fraction of sp³-hybridized carbons (Fsp3) is 1.00. The van der Waals surface area contributed by atoms with Gasteiger partial charge in [0.25, 0.3) is 0 Å². The minimum absolute atomic E-state index is 1.03. The zero-order valence-electron chi connectivity index (χ0n) is 9.80. The van der Waals surface area contributed by atoms with Crippen molar-refractivity contribution in [2.45, 2.75) is 71.1 Å². The molecule has 2 aliphatic carbocycles. The summed E-state index contributed by atoms with van der Waals surface area (Å²) in [6.45, 7) is 2.43. The Morgan fingerprint density at radius 3 is 1.64 bits per heavy atom. The van der Waals surface area contributed by atoms with E-state index < -0.39 is 0 Å². The molecule has 2 rings (SSSR count). The van der Waals surface area contributed by atoms with Gasteiger partial charge in [-0.05, 0) is 30.6 Å². The highest BCUT2D eigenvalue weighted by atomic mass is 14.3. The van der Waals surface area contributed by atoms with Gasteiger partial charge in [-0.3, -0.25) is 0 Å². The number of rotatable bonds is 1. The van der Waals surface area contributed by atoms with Crippen molar-refractivity contribution in [1.29, 1.82) is 0 Å². The van der Waals surface area contributed by atoms with Crippen LogP contribution in [0.2, 0.25) is 0 Å². The van der Waals surface area contributed by atoms with E-state index in [1.54, 1.807) is 25.7 Å². The van der Waals surface area contributed by atoms with Gasteiger partial charge >= 0.3 is 0 Å². The van der Waals surface area contributed by atoms with Crippen LogP contribution in [0.1, 0.15) is 71.1 Å². The Labute approximate surface area is 89.5 Å². The second-order valence-corrected chi connectivity index (χ2v) is 5.77. The molecule has 2 saturated carbocycles. The molecular weight excluding hydrogens is 168 g/mol. The molecule has 0 amide bonds. The van der Waals surface area contributed by atoms with Gasteiger partial charge in [-0.2, -0.15) is 0 Å².